The molecule has 0 spiro atoms. The van der Waals surface area contributed by atoms with E-state index in [1.807, 2.05) is 30.3 Å². The maximum Gasteiger partial charge on any atom is 0.191 e. The Balaban J connectivity index is 0.00000256. The highest BCUT2D eigenvalue weighted by molar-refractivity contribution is 14.0. The number of hydrogen-bond acceptors (Lipinski definition) is 6. The molecule has 0 fully saturated rings. The number of aromatic nitrogens is 2. The largest absolute Gasteiger partial charge is 0.457 e. The summed E-state index contributed by atoms with van der Waals surface area (Å²) in [5, 5.41) is 10.6. The summed E-state index contributed by atoms with van der Waals surface area (Å²) >= 11 is 3.30. The number of para-hydroxylation sites is 1. The minimum atomic E-state index is 0. The fraction of sp³-hybridized carbons (Fsp3) is 0.286. The summed E-state index contributed by atoms with van der Waals surface area (Å²) in [6.07, 6.45) is 0. The van der Waals surface area contributed by atoms with E-state index in [-0.39, 0.29) is 24.0 Å². The van der Waals surface area contributed by atoms with E-state index < -0.39 is 0 Å². The second-order valence-electron chi connectivity index (χ2n) is 6.85. The van der Waals surface area contributed by atoms with Crippen LogP contribution in [0.5, 0.6) is 0 Å². The molecule has 4 aromatic rings. The zero-order chi connectivity index (χ0) is 20.2. The van der Waals surface area contributed by atoms with Crippen molar-refractivity contribution < 1.29 is 4.42 Å². The first kappa shape index (κ1) is 22.7. The predicted molar refractivity (Wildman–Crippen MR) is 136 cm³/mol. The highest BCUT2D eigenvalue weighted by atomic mass is 127. The van der Waals surface area contributed by atoms with Crippen molar-refractivity contribution in [1.82, 2.24) is 20.6 Å². The molecular formula is C21H24IN5OS2. The Kier molecular flexibility index (Phi) is 7.84. The van der Waals surface area contributed by atoms with Crippen molar-refractivity contribution in [1.29, 1.82) is 0 Å². The van der Waals surface area contributed by atoms with Crippen molar-refractivity contribution in [2.24, 2.45) is 4.99 Å². The molecule has 0 amide bonds. The molecule has 2 N–H and O–H groups in total. The number of rotatable bonds is 6. The van der Waals surface area contributed by atoms with E-state index in [1.165, 1.54) is 0 Å². The fourth-order valence-corrected chi connectivity index (χ4v) is 4.61. The van der Waals surface area contributed by atoms with Gasteiger partial charge >= 0.3 is 0 Å². The van der Waals surface area contributed by atoms with Gasteiger partial charge in [0, 0.05) is 12.4 Å². The maximum absolute atomic E-state index is 5.98. The Labute approximate surface area is 200 Å². The van der Waals surface area contributed by atoms with E-state index in [4.69, 9.17) is 4.42 Å². The number of nitrogens with zero attached hydrogens (tertiary/aromatic N) is 3. The minimum absolute atomic E-state index is 0. The van der Waals surface area contributed by atoms with Gasteiger partial charge in [-0.3, -0.25) is 4.99 Å². The predicted octanol–water partition coefficient (Wildman–Crippen LogP) is 5.62. The summed E-state index contributed by atoms with van der Waals surface area (Å²) in [7, 11) is 1.76. The quantitative estimate of drug-likeness (QED) is 0.184. The molecule has 4 rings (SSSR count). The summed E-state index contributed by atoms with van der Waals surface area (Å²) in [5.41, 5.74) is 2.13. The third kappa shape index (κ3) is 5.38. The Morgan fingerprint density at radius 2 is 1.90 bits per heavy atom. The number of benzene rings is 1. The number of guanidine groups is 1. The van der Waals surface area contributed by atoms with Gasteiger partial charge in [-0.25, -0.2) is 9.97 Å². The number of furan rings is 1. The Morgan fingerprint density at radius 1 is 1.10 bits per heavy atom. The number of nitrogens with one attached hydrogen (secondary N) is 2. The normalized spacial score (nSPS) is 11.7. The van der Waals surface area contributed by atoms with Gasteiger partial charge in [-0.2, -0.15) is 0 Å². The van der Waals surface area contributed by atoms with Gasteiger partial charge in [0.1, 0.15) is 10.8 Å². The Morgan fingerprint density at radius 3 is 2.63 bits per heavy atom. The summed E-state index contributed by atoms with van der Waals surface area (Å²) in [6.45, 7) is 5.49. The van der Waals surface area contributed by atoms with Gasteiger partial charge in [0.2, 0.25) is 0 Å². The average Bonchev–Trinajstić information content (AvgIpc) is 3.46. The van der Waals surface area contributed by atoms with Gasteiger partial charge in [-0.15, -0.1) is 46.7 Å². The Hall–Kier alpha value is -1.98. The van der Waals surface area contributed by atoms with Crippen LogP contribution in [0.15, 0.2) is 51.2 Å². The molecule has 158 valence electrons. The topological polar surface area (TPSA) is 75.3 Å². The van der Waals surface area contributed by atoms with Crippen LogP contribution in [-0.4, -0.2) is 23.0 Å². The molecular weight excluding hydrogens is 529 g/mol. The second kappa shape index (κ2) is 10.4. The molecule has 1 aromatic carbocycles. The van der Waals surface area contributed by atoms with Gasteiger partial charge in [0.25, 0.3) is 0 Å². The highest BCUT2D eigenvalue weighted by Crippen LogP contribution is 2.31. The van der Waals surface area contributed by atoms with Crippen molar-refractivity contribution in [3.05, 3.63) is 58.2 Å². The molecule has 0 saturated carbocycles. The summed E-state index contributed by atoms with van der Waals surface area (Å²) < 4.78 is 7.14. The van der Waals surface area contributed by atoms with Gasteiger partial charge < -0.3 is 15.1 Å². The molecule has 0 saturated heterocycles. The van der Waals surface area contributed by atoms with Crippen molar-refractivity contribution >= 4 is 62.8 Å². The minimum Gasteiger partial charge on any atom is -0.457 e. The van der Waals surface area contributed by atoms with Crippen LogP contribution in [0.3, 0.4) is 0 Å². The SMILES string of the molecule is CN=C(NCc1ccc(-c2nc3ccccc3s2)o1)NCc1nc(C(C)C)cs1.I. The lowest BCUT2D eigenvalue weighted by Crippen LogP contribution is -2.36. The molecule has 0 aliphatic carbocycles. The molecule has 0 bridgehead atoms. The number of hydrogen-bond donors (Lipinski definition) is 2. The summed E-state index contributed by atoms with van der Waals surface area (Å²) in [6, 6.07) is 12.0. The van der Waals surface area contributed by atoms with Crippen LogP contribution in [-0.2, 0) is 13.1 Å². The first-order chi connectivity index (χ1) is 14.1. The van der Waals surface area contributed by atoms with Crippen molar-refractivity contribution in [3.63, 3.8) is 0 Å². The fourth-order valence-electron chi connectivity index (χ4n) is 2.79. The smallest absolute Gasteiger partial charge is 0.191 e. The molecule has 6 nitrogen and oxygen atoms in total. The van der Waals surface area contributed by atoms with Crippen molar-refractivity contribution in [2.45, 2.75) is 32.9 Å². The van der Waals surface area contributed by atoms with E-state index in [0.717, 1.165) is 37.4 Å². The van der Waals surface area contributed by atoms with E-state index in [2.05, 4.69) is 50.9 Å². The zero-order valence-electron chi connectivity index (χ0n) is 17.0. The van der Waals surface area contributed by atoms with Crippen LogP contribution in [0.2, 0.25) is 0 Å². The van der Waals surface area contributed by atoms with Crippen LogP contribution in [0.4, 0.5) is 0 Å². The van der Waals surface area contributed by atoms with Gasteiger partial charge in [-0.1, -0.05) is 26.0 Å². The van der Waals surface area contributed by atoms with Gasteiger partial charge in [-0.05, 0) is 30.2 Å². The summed E-state index contributed by atoms with van der Waals surface area (Å²) in [5.74, 6) is 2.78. The molecule has 3 aromatic heterocycles. The number of halogens is 1. The average molecular weight is 553 g/mol. The molecule has 0 aliphatic rings. The van der Waals surface area contributed by atoms with Gasteiger partial charge in [0.05, 0.1) is 29.0 Å². The molecule has 9 heteroatoms. The van der Waals surface area contributed by atoms with Crippen LogP contribution < -0.4 is 10.6 Å². The number of thiazole rings is 2. The lowest BCUT2D eigenvalue weighted by molar-refractivity contribution is 0.513. The highest BCUT2D eigenvalue weighted by Gasteiger charge is 2.11. The monoisotopic (exact) mass is 553 g/mol. The maximum atomic E-state index is 5.98. The van der Waals surface area contributed by atoms with E-state index in [9.17, 15) is 0 Å². The molecule has 3 heterocycles. The Bertz CT molecular complexity index is 1100. The van der Waals surface area contributed by atoms with Gasteiger partial charge in [0.15, 0.2) is 16.7 Å². The third-order valence-corrected chi connectivity index (χ3v) is 6.31. The van der Waals surface area contributed by atoms with Crippen LogP contribution in [0, 0.1) is 0 Å². The number of fused-ring (bicyclic) bond motifs is 1. The third-order valence-electron chi connectivity index (χ3n) is 4.39. The first-order valence-corrected chi connectivity index (χ1v) is 11.2. The van der Waals surface area contributed by atoms with Crippen LogP contribution in [0.25, 0.3) is 21.0 Å². The second-order valence-corrected chi connectivity index (χ2v) is 8.83. The van der Waals surface area contributed by atoms with E-state index in [0.29, 0.717) is 25.0 Å². The summed E-state index contributed by atoms with van der Waals surface area (Å²) in [4.78, 5) is 13.6. The molecule has 30 heavy (non-hydrogen) atoms. The molecule has 0 atom stereocenters. The molecule has 0 unspecified atom stereocenters. The lowest BCUT2D eigenvalue weighted by Gasteiger charge is -2.09. The van der Waals surface area contributed by atoms with E-state index >= 15 is 0 Å². The van der Waals surface area contributed by atoms with Crippen LogP contribution >= 0.6 is 46.7 Å². The standard InChI is InChI=1S/C21H23N5OS2.HI/c1-13(2)16-12-28-19(25-16)11-24-21(22-3)23-10-14-8-9-17(27-14)20-26-15-6-4-5-7-18(15)29-20;/h4-9,12-13H,10-11H2,1-3H3,(H2,22,23,24);1H. The zero-order valence-corrected chi connectivity index (χ0v) is 21.0. The van der Waals surface area contributed by atoms with Crippen molar-refractivity contribution in [3.8, 4) is 10.8 Å². The number of aliphatic imine (C=N–C) groups is 1. The molecule has 0 radical (unpaired) electrons. The lowest BCUT2D eigenvalue weighted by atomic mass is 10.2. The van der Waals surface area contributed by atoms with Crippen LogP contribution in [0.1, 0.15) is 36.2 Å². The molecule has 0 aliphatic heterocycles. The first-order valence-electron chi connectivity index (χ1n) is 9.46. The van der Waals surface area contributed by atoms with Crippen molar-refractivity contribution in [2.75, 3.05) is 7.05 Å². The van der Waals surface area contributed by atoms with E-state index in [1.54, 1.807) is 29.7 Å².